The Balaban J connectivity index is 1.63. The monoisotopic (exact) mass is 493 g/mol. The molecular formula is C26H30FN6O3+. The first-order valence-corrected chi connectivity index (χ1v) is 12.2. The molecule has 1 aliphatic rings. The van der Waals surface area contributed by atoms with Crippen LogP contribution in [0.2, 0.25) is 0 Å². The Morgan fingerprint density at radius 3 is 2.42 bits per heavy atom. The predicted molar refractivity (Wildman–Crippen MR) is 132 cm³/mol. The number of quaternary nitrogens is 1. The molecular weight excluding hydrogens is 463 g/mol. The van der Waals surface area contributed by atoms with E-state index in [1.54, 1.807) is 37.1 Å². The van der Waals surface area contributed by atoms with Crippen molar-refractivity contribution in [2.75, 3.05) is 27.3 Å². The molecule has 9 nitrogen and oxygen atoms in total. The number of benzene rings is 2. The lowest BCUT2D eigenvalue weighted by molar-refractivity contribution is -0.925. The average molecular weight is 494 g/mol. The Labute approximate surface area is 207 Å². The lowest BCUT2D eigenvalue weighted by Gasteiger charge is -2.26. The number of hydrogen-bond donors (Lipinski definition) is 2. The van der Waals surface area contributed by atoms with Crippen molar-refractivity contribution in [2.45, 2.75) is 38.3 Å². The van der Waals surface area contributed by atoms with E-state index in [0.29, 0.717) is 34.9 Å². The van der Waals surface area contributed by atoms with Crippen molar-refractivity contribution in [2.24, 2.45) is 0 Å². The molecule has 10 heteroatoms. The molecule has 0 amide bonds. The summed E-state index contributed by atoms with van der Waals surface area (Å²) in [7, 11) is 3.15. The highest BCUT2D eigenvalue weighted by molar-refractivity contribution is 5.83. The van der Waals surface area contributed by atoms with Crippen molar-refractivity contribution in [1.82, 2.24) is 25.2 Å². The largest absolute Gasteiger partial charge is 0.493 e. The normalized spacial score (nSPS) is 15.5. The van der Waals surface area contributed by atoms with E-state index in [4.69, 9.17) is 9.47 Å². The zero-order chi connectivity index (χ0) is 25.1. The lowest BCUT2D eigenvalue weighted by atomic mass is 10.0. The number of aromatic amines is 1. The van der Waals surface area contributed by atoms with Crippen LogP contribution in [0.1, 0.15) is 48.7 Å². The highest BCUT2D eigenvalue weighted by atomic mass is 19.1. The Morgan fingerprint density at radius 1 is 1.03 bits per heavy atom. The molecule has 5 rings (SSSR count). The van der Waals surface area contributed by atoms with Crippen LogP contribution in [0.3, 0.4) is 0 Å². The number of methoxy groups -OCH3 is 2. The van der Waals surface area contributed by atoms with Crippen molar-refractivity contribution in [3.8, 4) is 11.5 Å². The van der Waals surface area contributed by atoms with Gasteiger partial charge in [-0.05, 0) is 65.9 Å². The molecule has 188 valence electrons. The highest BCUT2D eigenvalue weighted by Gasteiger charge is 2.34. The Morgan fingerprint density at radius 2 is 1.72 bits per heavy atom. The second kappa shape index (κ2) is 10.4. The van der Waals surface area contributed by atoms with Crippen LogP contribution in [0.4, 0.5) is 4.39 Å². The molecule has 4 aromatic rings. The van der Waals surface area contributed by atoms with Gasteiger partial charge < -0.3 is 19.4 Å². The van der Waals surface area contributed by atoms with Crippen molar-refractivity contribution < 1.29 is 18.8 Å². The molecule has 3 heterocycles. The number of rotatable bonds is 7. The molecule has 0 aliphatic carbocycles. The third-order valence-corrected chi connectivity index (χ3v) is 6.91. The maximum atomic E-state index is 13.5. The number of halogens is 1. The number of nitrogens with one attached hydrogen (secondary N) is 2. The zero-order valence-electron chi connectivity index (χ0n) is 20.5. The summed E-state index contributed by atoms with van der Waals surface area (Å²) in [4.78, 5) is 17.8. The molecule has 0 unspecified atom stereocenters. The summed E-state index contributed by atoms with van der Waals surface area (Å²) in [6.07, 6.45) is 4.48. The van der Waals surface area contributed by atoms with Crippen molar-refractivity contribution >= 4 is 10.9 Å². The van der Waals surface area contributed by atoms with Gasteiger partial charge in [-0.25, -0.2) is 9.07 Å². The predicted octanol–water partition coefficient (Wildman–Crippen LogP) is 2.27. The third kappa shape index (κ3) is 4.81. The quantitative estimate of drug-likeness (QED) is 0.410. The number of ether oxygens (including phenoxy) is 2. The summed E-state index contributed by atoms with van der Waals surface area (Å²) < 4.78 is 26.1. The first-order valence-electron chi connectivity index (χ1n) is 12.2. The van der Waals surface area contributed by atoms with E-state index in [9.17, 15) is 9.18 Å². The van der Waals surface area contributed by atoms with Gasteiger partial charge in [0.15, 0.2) is 17.5 Å². The number of fused-ring (bicyclic) bond motifs is 1. The summed E-state index contributed by atoms with van der Waals surface area (Å²) in [5.41, 5.74) is 1.95. The topological polar surface area (TPSA) is 99.4 Å². The third-order valence-electron chi connectivity index (χ3n) is 6.91. The first kappa shape index (κ1) is 23.9. The van der Waals surface area contributed by atoms with Crippen LogP contribution < -0.4 is 19.9 Å². The standard InChI is InChI=1S/C26H29FN6O3/c1-35-22-14-18-13-20(26(34)28-21(18)15-23(22)36-2)24(32-11-5-3-4-6-12-32)25-29-30-31-33(25)16-17-7-9-19(27)10-8-17/h7-10,13-15,24H,3-6,11-12,16H2,1-2H3,(H,28,34)/p+1/t24-/m0/s1. The average Bonchev–Trinajstić information content (AvgIpc) is 3.16. The van der Waals surface area contributed by atoms with Crippen LogP contribution in [0.15, 0.2) is 47.3 Å². The number of likely N-dealkylation sites (tertiary alicyclic amines) is 1. The number of pyridine rings is 1. The van der Waals surface area contributed by atoms with Crippen molar-refractivity contribution in [3.63, 3.8) is 0 Å². The van der Waals surface area contributed by atoms with E-state index in [2.05, 4.69) is 20.5 Å². The number of hydrogen-bond acceptors (Lipinski definition) is 6. The number of aromatic nitrogens is 5. The molecule has 2 aromatic carbocycles. The van der Waals surface area contributed by atoms with E-state index < -0.39 is 0 Å². The Hall–Kier alpha value is -3.79. The van der Waals surface area contributed by atoms with E-state index in [-0.39, 0.29) is 17.4 Å². The molecule has 0 spiro atoms. The van der Waals surface area contributed by atoms with Crippen LogP contribution in [0.5, 0.6) is 11.5 Å². The molecule has 0 bridgehead atoms. The summed E-state index contributed by atoms with van der Waals surface area (Å²) >= 11 is 0. The van der Waals surface area contributed by atoms with Gasteiger partial charge in [-0.1, -0.05) is 12.1 Å². The van der Waals surface area contributed by atoms with Gasteiger partial charge in [0, 0.05) is 11.5 Å². The summed E-state index contributed by atoms with van der Waals surface area (Å²) in [5, 5.41) is 13.4. The fourth-order valence-corrected chi connectivity index (χ4v) is 5.07. The smallest absolute Gasteiger partial charge is 0.258 e. The minimum Gasteiger partial charge on any atom is -0.493 e. The molecule has 2 N–H and O–H groups in total. The van der Waals surface area contributed by atoms with Crippen molar-refractivity contribution in [1.29, 1.82) is 0 Å². The molecule has 0 saturated carbocycles. The SMILES string of the molecule is COc1cc2cc([C@@H](c3nnnn3Cc3ccc(F)cc3)[NH+]3CCCCCC3)c(=O)[nH]c2cc1OC. The van der Waals surface area contributed by atoms with Gasteiger partial charge in [0.25, 0.3) is 5.56 Å². The minimum atomic E-state index is -0.361. The summed E-state index contributed by atoms with van der Waals surface area (Å²) in [6.45, 7) is 2.21. The van der Waals surface area contributed by atoms with E-state index in [1.165, 1.54) is 29.9 Å². The molecule has 0 radical (unpaired) electrons. The highest BCUT2D eigenvalue weighted by Crippen LogP contribution is 2.32. The first-order chi connectivity index (χ1) is 17.6. The van der Waals surface area contributed by atoms with E-state index in [1.807, 2.05) is 12.1 Å². The van der Waals surface area contributed by atoms with Crippen LogP contribution >= 0.6 is 0 Å². The van der Waals surface area contributed by atoms with Gasteiger partial charge in [-0.15, -0.1) is 5.10 Å². The molecule has 36 heavy (non-hydrogen) atoms. The summed E-state index contributed by atoms with van der Waals surface area (Å²) in [6, 6.07) is 11.5. The zero-order valence-corrected chi connectivity index (χ0v) is 20.5. The fraction of sp³-hybridized carbons (Fsp3) is 0.385. The lowest BCUT2D eigenvalue weighted by Crippen LogP contribution is -3.12. The van der Waals surface area contributed by atoms with Gasteiger partial charge in [0.05, 0.1) is 44.9 Å². The molecule has 2 aromatic heterocycles. The Kier molecular flexibility index (Phi) is 6.95. The van der Waals surface area contributed by atoms with Gasteiger partial charge in [-0.3, -0.25) is 4.79 Å². The van der Waals surface area contributed by atoms with Crippen LogP contribution in [0, 0.1) is 5.82 Å². The van der Waals surface area contributed by atoms with Gasteiger partial charge in [-0.2, -0.15) is 0 Å². The Bertz CT molecular complexity index is 1390. The maximum absolute atomic E-state index is 13.5. The van der Waals surface area contributed by atoms with E-state index in [0.717, 1.165) is 36.9 Å². The molecule has 1 fully saturated rings. The van der Waals surface area contributed by atoms with E-state index >= 15 is 0 Å². The molecule has 1 aliphatic heterocycles. The minimum absolute atomic E-state index is 0.187. The van der Waals surface area contributed by atoms with Crippen LogP contribution in [-0.4, -0.2) is 52.5 Å². The number of H-pyrrole nitrogens is 1. The van der Waals surface area contributed by atoms with Gasteiger partial charge in [0.2, 0.25) is 5.82 Å². The summed E-state index contributed by atoms with van der Waals surface area (Å²) in [5.74, 6) is 1.45. The van der Waals surface area contributed by atoms with Gasteiger partial charge in [0.1, 0.15) is 5.82 Å². The second-order valence-corrected chi connectivity index (χ2v) is 9.17. The van der Waals surface area contributed by atoms with Crippen LogP contribution in [-0.2, 0) is 6.54 Å². The van der Waals surface area contributed by atoms with Crippen molar-refractivity contribution in [3.05, 3.63) is 75.6 Å². The number of nitrogens with zero attached hydrogens (tertiary/aromatic N) is 4. The second-order valence-electron chi connectivity index (χ2n) is 9.17. The van der Waals surface area contributed by atoms with Crippen LogP contribution in [0.25, 0.3) is 10.9 Å². The van der Waals surface area contributed by atoms with Gasteiger partial charge >= 0.3 is 0 Å². The number of tetrazole rings is 1. The molecule has 1 atom stereocenters. The molecule has 1 saturated heterocycles. The fourth-order valence-electron chi connectivity index (χ4n) is 5.07. The maximum Gasteiger partial charge on any atom is 0.258 e.